The van der Waals surface area contributed by atoms with Gasteiger partial charge in [0.15, 0.2) is 0 Å². The van der Waals surface area contributed by atoms with Crippen molar-refractivity contribution in [3.05, 3.63) is 0 Å². The van der Waals surface area contributed by atoms with Gasteiger partial charge >= 0.3 is 5.97 Å². The Labute approximate surface area is 109 Å². The molecule has 2 atom stereocenters. The van der Waals surface area contributed by atoms with Gasteiger partial charge in [-0.25, -0.2) is 0 Å². The standard InChI is InChI=1S/C11H22N2O4S/c1-8-6-13(7-9(8)10(14)17-5)18(15,16)12-11(2,3)4/h8-9,12H,6-7H2,1-5H3. The molecule has 0 aromatic heterocycles. The molecule has 0 bridgehead atoms. The summed E-state index contributed by atoms with van der Waals surface area (Å²) in [7, 11) is -2.23. The molecule has 1 rings (SSSR count). The molecule has 1 heterocycles. The fourth-order valence-electron chi connectivity index (χ4n) is 2.03. The highest BCUT2D eigenvalue weighted by atomic mass is 32.2. The molecule has 1 N–H and O–H groups in total. The van der Waals surface area contributed by atoms with E-state index >= 15 is 0 Å². The molecule has 0 saturated carbocycles. The molecular weight excluding hydrogens is 256 g/mol. The van der Waals surface area contributed by atoms with Crippen LogP contribution < -0.4 is 4.72 Å². The van der Waals surface area contributed by atoms with E-state index in [-0.39, 0.29) is 24.3 Å². The Hall–Kier alpha value is -0.660. The molecule has 2 unspecified atom stereocenters. The number of rotatable bonds is 3. The molecule has 1 fully saturated rings. The highest BCUT2D eigenvalue weighted by molar-refractivity contribution is 7.87. The highest BCUT2D eigenvalue weighted by Gasteiger charge is 2.41. The van der Waals surface area contributed by atoms with Crippen LogP contribution in [-0.2, 0) is 19.7 Å². The van der Waals surface area contributed by atoms with Crippen molar-refractivity contribution in [3.63, 3.8) is 0 Å². The van der Waals surface area contributed by atoms with Crippen LogP contribution in [0.1, 0.15) is 27.7 Å². The first-order chi connectivity index (χ1) is 8.07. The smallest absolute Gasteiger partial charge is 0.310 e. The molecule has 0 radical (unpaired) electrons. The van der Waals surface area contributed by atoms with E-state index in [2.05, 4.69) is 9.46 Å². The maximum Gasteiger partial charge on any atom is 0.310 e. The summed E-state index contributed by atoms with van der Waals surface area (Å²) in [4.78, 5) is 11.5. The predicted molar refractivity (Wildman–Crippen MR) is 68.1 cm³/mol. The number of ether oxygens (including phenoxy) is 1. The minimum Gasteiger partial charge on any atom is -0.469 e. The Bertz CT molecular complexity index is 413. The fraction of sp³-hybridized carbons (Fsp3) is 0.909. The molecule has 0 aromatic carbocycles. The number of carbonyl (C=O) groups excluding carboxylic acids is 1. The van der Waals surface area contributed by atoms with Gasteiger partial charge in [0.2, 0.25) is 0 Å². The zero-order chi connectivity index (χ0) is 14.1. The van der Waals surface area contributed by atoms with Crippen LogP contribution in [0.5, 0.6) is 0 Å². The Balaban J connectivity index is 2.79. The van der Waals surface area contributed by atoms with E-state index < -0.39 is 15.7 Å². The average molecular weight is 278 g/mol. The van der Waals surface area contributed by atoms with E-state index in [0.29, 0.717) is 6.54 Å². The van der Waals surface area contributed by atoms with Crippen LogP contribution in [-0.4, -0.2) is 44.4 Å². The lowest BCUT2D eigenvalue weighted by molar-refractivity contribution is -0.145. The van der Waals surface area contributed by atoms with Crippen molar-refractivity contribution in [2.75, 3.05) is 20.2 Å². The summed E-state index contributed by atoms with van der Waals surface area (Å²) >= 11 is 0. The topological polar surface area (TPSA) is 75.7 Å². The third-order valence-corrected chi connectivity index (χ3v) is 4.71. The van der Waals surface area contributed by atoms with Crippen molar-refractivity contribution < 1.29 is 17.9 Å². The second-order valence-corrected chi connectivity index (χ2v) is 7.45. The molecule has 0 aliphatic carbocycles. The lowest BCUT2D eigenvalue weighted by Crippen LogP contribution is -2.48. The van der Waals surface area contributed by atoms with Gasteiger partial charge in [0.25, 0.3) is 10.2 Å². The lowest BCUT2D eigenvalue weighted by Gasteiger charge is -2.25. The van der Waals surface area contributed by atoms with Crippen molar-refractivity contribution in [2.24, 2.45) is 11.8 Å². The number of carbonyl (C=O) groups is 1. The summed E-state index contributed by atoms with van der Waals surface area (Å²) in [6, 6.07) is 0. The molecule has 18 heavy (non-hydrogen) atoms. The Morgan fingerprint density at radius 1 is 1.33 bits per heavy atom. The van der Waals surface area contributed by atoms with Gasteiger partial charge < -0.3 is 4.74 Å². The third-order valence-electron chi connectivity index (χ3n) is 2.86. The average Bonchev–Trinajstić information content (AvgIpc) is 2.56. The summed E-state index contributed by atoms with van der Waals surface area (Å²) in [6.45, 7) is 7.71. The molecular formula is C11H22N2O4S. The van der Waals surface area contributed by atoms with Crippen LogP contribution in [0.15, 0.2) is 0 Å². The maximum atomic E-state index is 12.1. The maximum absolute atomic E-state index is 12.1. The van der Waals surface area contributed by atoms with Gasteiger partial charge in [0.1, 0.15) is 0 Å². The molecule has 7 heteroatoms. The minimum atomic E-state index is -3.55. The summed E-state index contributed by atoms with van der Waals surface area (Å²) < 4.78 is 32.8. The van der Waals surface area contributed by atoms with Crippen molar-refractivity contribution in [1.82, 2.24) is 9.03 Å². The first-order valence-corrected chi connectivity index (χ1v) is 7.37. The van der Waals surface area contributed by atoms with Crippen LogP contribution in [0.4, 0.5) is 0 Å². The van der Waals surface area contributed by atoms with E-state index in [1.165, 1.54) is 11.4 Å². The van der Waals surface area contributed by atoms with E-state index in [1.807, 2.05) is 6.92 Å². The van der Waals surface area contributed by atoms with Crippen LogP contribution in [0.3, 0.4) is 0 Å². The summed E-state index contributed by atoms with van der Waals surface area (Å²) in [5.74, 6) is -0.767. The zero-order valence-corrected chi connectivity index (χ0v) is 12.4. The second-order valence-electron chi connectivity index (χ2n) is 5.78. The number of nitrogens with zero attached hydrogens (tertiary/aromatic N) is 1. The number of hydrogen-bond donors (Lipinski definition) is 1. The van der Waals surface area contributed by atoms with E-state index in [1.54, 1.807) is 20.8 Å². The largest absolute Gasteiger partial charge is 0.469 e. The molecule has 0 spiro atoms. The van der Waals surface area contributed by atoms with Gasteiger partial charge in [0, 0.05) is 18.6 Å². The van der Waals surface area contributed by atoms with Crippen molar-refractivity contribution in [3.8, 4) is 0 Å². The molecule has 1 saturated heterocycles. The van der Waals surface area contributed by atoms with Crippen molar-refractivity contribution in [2.45, 2.75) is 33.2 Å². The Morgan fingerprint density at radius 3 is 2.33 bits per heavy atom. The predicted octanol–water partition coefficient (Wildman–Crippen LogP) is 0.360. The van der Waals surface area contributed by atoms with Gasteiger partial charge in [-0.2, -0.15) is 17.4 Å². The van der Waals surface area contributed by atoms with Crippen LogP contribution in [0.2, 0.25) is 0 Å². The highest BCUT2D eigenvalue weighted by Crippen LogP contribution is 2.26. The summed E-state index contributed by atoms with van der Waals surface area (Å²) in [6.07, 6.45) is 0. The van der Waals surface area contributed by atoms with Crippen LogP contribution >= 0.6 is 0 Å². The fourth-order valence-corrected chi connectivity index (χ4v) is 3.72. The Morgan fingerprint density at radius 2 is 1.89 bits per heavy atom. The molecule has 1 aliphatic heterocycles. The number of methoxy groups -OCH3 is 1. The van der Waals surface area contributed by atoms with Crippen molar-refractivity contribution >= 4 is 16.2 Å². The first-order valence-electron chi connectivity index (χ1n) is 5.93. The second kappa shape index (κ2) is 5.14. The van der Waals surface area contributed by atoms with Gasteiger partial charge in [0.05, 0.1) is 13.0 Å². The van der Waals surface area contributed by atoms with Gasteiger partial charge in [-0.3, -0.25) is 4.79 Å². The monoisotopic (exact) mass is 278 g/mol. The number of hydrogen-bond acceptors (Lipinski definition) is 4. The molecule has 0 amide bonds. The molecule has 1 aliphatic rings. The molecule has 106 valence electrons. The zero-order valence-electron chi connectivity index (χ0n) is 11.6. The van der Waals surface area contributed by atoms with E-state index in [4.69, 9.17) is 0 Å². The van der Waals surface area contributed by atoms with E-state index in [0.717, 1.165) is 0 Å². The normalized spacial score (nSPS) is 26.3. The van der Waals surface area contributed by atoms with Gasteiger partial charge in [-0.05, 0) is 26.7 Å². The number of esters is 1. The minimum absolute atomic E-state index is 0.0333. The van der Waals surface area contributed by atoms with Crippen LogP contribution in [0, 0.1) is 11.8 Å². The Kier molecular flexibility index (Phi) is 4.40. The molecule has 0 aromatic rings. The summed E-state index contributed by atoms with van der Waals surface area (Å²) in [5.41, 5.74) is -0.536. The van der Waals surface area contributed by atoms with Crippen LogP contribution in [0.25, 0.3) is 0 Å². The van der Waals surface area contributed by atoms with E-state index in [9.17, 15) is 13.2 Å². The molecule has 6 nitrogen and oxygen atoms in total. The number of nitrogens with one attached hydrogen (secondary N) is 1. The lowest BCUT2D eigenvalue weighted by atomic mass is 9.99. The van der Waals surface area contributed by atoms with Gasteiger partial charge in [-0.1, -0.05) is 6.92 Å². The first kappa shape index (κ1) is 15.4. The third kappa shape index (κ3) is 3.66. The van der Waals surface area contributed by atoms with Crippen molar-refractivity contribution in [1.29, 1.82) is 0 Å². The quantitative estimate of drug-likeness (QED) is 0.756. The SMILES string of the molecule is COC(=O)C1CN(S(=O)(=O)NC(C)(C)C)CC1C. The summed E-state index contributed by atoms with van der Waals surface area (Å²) in [5, 5.41) is 0. The van der Waals surface area contributed by atoms with Gasteiger partial charge in [-0.15, -0.1) is 0 Å².